The molecule has 5 nitrogen and oxygen atoms in total. The molecule has 0 bridgehead atoms. The summed E-state index contributed by atoms with van der Waals surface area (Å²) in [6, 6.07) is 22.3. The van der Waals surface area contributed by atoms with E-state index < -0.39 is 11.8 Å². The molecule has 1 saturated heterocycles. The van der Waals surface area contributed by atoms with Gasteiger partial charge in [0, 0.05) is 5.02 Å². The van der Waals surface area contributed by atoms with Crippen LogP contribution >= 0.6 is 11.6 Å². The van der Waals surface area contributed by atoms with Crippen molar-refractivity contribution in [3.63, 3.8) is 0 Å². The molecule has 6 heteroatoms. The van der Waals surface area contributed by atoms with Crippen molar-refractivity contribution in [1.82, 2.24) is 5.43 Å². The van der Waals surface area contributed by atoms with E-state index >= 15 is 0 Å². The second-order valence-corrected chi connectivity index (χ2v) is 7.32. The number of hydrogen-bond donors (Lipinski definition) is 1. The number of benzene rings is 3. The van der Waals surface area contributed by atoms with Gasteiger partial charge in [0.05, 0.1) is 5.69 Å². The number of nitrogens with zero attached hydrogens (tertiary/aromatic N) is 1. The second-order valence-electron chi connectivity index (χ2n) is 6.92. The van der Waals surface area contributed by atoms with E-state index in [1.807, 2.05) is 49.4 Å². The first-order valence-electron chi connectivity index (χ1n) is 9.41. The third kappa shape index (κ3) is 4.21. The average Bonchev–Trinajstić information content (AvgIpc) is 3.04. The SMILES string of the molecule is Cc1ccc(N2NC(=O)/C(=C/c3ccc(OCc4ccccc4)cc3)C2=O)cc1Cl. The van der Waals surface area contributed by atoms with Crippen LogP contribution in [0, 0.1) is 6.92 Å². The molecule has 3 aromatic rings. The van der Waals surface area contributed by atoms with Gasteiger partial charge in [-0.25, -0.2) is 5.01 Å². The maximum absolute atomic E-state index is 12.7. The fourth-order valence-corrected chi connectivity index (χ4v) is 3.20. The van der Waals surface area contributed by atoms with Crippen LogP contribution in [0.3, 0.4) is 0 Å². The Morgan fingerprint density at radius 3 is 2.43 bits per heavy atom. The number of hydrazine groups is 1. The number of hydrogen-bond acceptors (Lipinski definition) is 3. The van der Waals surface area contributed by atoms with Crippen molar-refractivity contribution in [2.75, 3.05) is 5.01 Å². The molecule has 4 rings (SSSR count). The molecule has 3 aromatic carbocycles. The Morgan fingerprint density at radius 2 is 1.73 bits per heavy atom. The molecular formula is C24H19ClN2O3. The van der Waals surface area contributed by atoms with Crippen LogP contribution in [0.1, 0.15) is 16.7 Å². The van der Waals surface area contributed by atoms with Gasteiger partial charge in [0.2, 0.25) is 0 Å². The number of halogens is 1. The average molecular weight is 419 g/mol. The molecule has 0 spiro atoms. The zero-order chi connectivity index (χ0) is 21.1. The Kier molecular flexibility index (Phi) is 5.55. The third-order valence-electron chi connectivity index (χ3n) is 4.74. The van der Waals surface area contributed by atoms with Crippen LogP contribution in [0.5, 0.6) is 5.75 Å². The summed E-state index contributed by atoms with van der Waals surface area (Å²) in [4.78, 5) is 25.1. The molecular weight excluding hydrogens is 400 g/mol. The van der Waals surface area contributed by atoms with Gasteiger partial charge >= 0.3 is 0 Å². The molecule has 0 saturated carbocycles. The number of anilines is 1. The van der Waals surface area contributed by atoms with Crippen LogP contribution in [0.2, 0.25) is 5.02 Å². The van der Waals surface area contributed by atoms with Crippen LogP contribution in [0.25, 0.3) is 6.08 Å². The van der Waals surface area contributed by atoms with Gasteiger partial charge in [0.15, 0.2) is 0 Å². The minimum Gasteiger partial charge on any atom is -0.489 e. The molecule has 1 heterocycles. The number of carbonyl (C=O) groups is 2. The van der Waals surface area contributed by atoms with Gasteiger partial charge in [-0.15, -0.1) is 0 Å². The summed E-state index contributed by atoms with van der Waals surface area (Å²) in [6.45, 7) is 2.34. The highest BCUT2D eigenvalue weighted by Gasteiger charge is 2.34. The quantitative estimate of drug-likeness (QED) is 0.483. The number of amides is 2. The fraction of sp³-hybridized carbons (Fsp3) is 0.0833. The maximum Gasteiger partial charge on any atom is 0.282 e. The summed E-state index contributed by atoms with van der Waals surface area (Å²) >= 11 is 6.14. The normalized spacial score (nSPS) is 14.9. The zero-order valence-corrected chi connectivity index (χ0v) is 17.0. The molecule has 1 aliphatic rings. The predicted molar refractivity (Wildman–Crippen MR) is 117 cm³/mol. The molecule has 0 aliphatic carbocycles. The van der Waals surface area contributed by atoms with E-state index in [1.165, 1.54) is 5.01 Å². The lowest BCUT2D eigenvalue weighted by Crippen LogP contribution is -2.35. The summed E-state index contributed by atoms with van der Waals surface area (Å²) < 4.78 is 5.77. The molecule has 0 aromatic heterocycles. The Balaban J connectivity index is 1.47. The van der Waals surface area contributed by atoms with E-state index in [1.54, 1.807) is 36.4 Å². The third-order valence-corrected chi connectivity index (χ3v) is 5.15. The number of aryl methyl sites for hydroxylation is 1. The Hall–Kier alpha value is -3.57. The topological polar surface area (TPSA) is 58.6 Å². The number of rotatable bonds is 5. The lowest BCUT2D eigenvalue weighted by atomic mass is 10.1. The van der Waals surface area contributed by atoms with Gasteiger partial charge in [-0.1, -0.05) is 60.1 Å². The van der Waals surface area contributed by atoms with Crippen molar-refractivity contribution in [3.05, 3.63) is 100 Å². The van der Waals surface area contributed by atoms with Crippen molar-refractivity contribution < 1.29 is 14.3 Å². The molecule has 0 radical (unpaired) electrons. The summed E-state index contributed by atoms with van der Waals surface area (Å²) in [7, 11) is 0. The molecule has 150 valence electrons. The van der Waals surface area contributed by atoms with Crippen molar-refractivity contribution in [1.29, 1.82) is 0 Å². The van der Waals surface area contributed by atoms with Crippen LogP contribution in [0.4, 0.5) is 5.69 Å². The van der Waals surface area contributed by atoms with Crippen molar-refractivity contribution in [2.24, 2.45) is 0 Å². The smallest absolute Gasteiger partial charge is 0.282 e. The van der Waals surface area contributed by atoms with Gasteiger partial charge in [-0.2, -0.15) is 0 Å². The number of ether oxygens (including phenoxy) is 1. The summed E-state index contributed by atoms with van der Waals surface area (Å²) in [6.07, 6.45) is 1.56. The van der Waals surface area contributed by atoms with Gasteiger partial charge in [0.25, 0.3) is 11.8 Å². The van der Waals surface area contributed by atoms with Crippen LogP contribution in [-0.4, -0.2) is 11.8 Å². The highest BCUT2D eigenvalue weighted by molar-refractivity contribution is 6.33. The Labute approximate surface area is 179 Å². The van der Waals surface area contributed by atoms with Gasteiger partial charge in [-0.05, 0) is 54.0 Å². The van der Waals surface area contributed by atoms with Crippen molar-refractivity contribution >= 4 is 35.2 Å². The van der Waals surface area contributed by atoms with Crippen LogP contribution in [-0.2, 0) is 16.2 Å². The van der Waals surface area contributed by atoms with Gasteiger partial charge in [0.1, 0.15) is 17.9 Å². The van der Waals surface area contributed by atoms with E-state index in [0.29, 0.717) is 23.1 Å². The minimum absolute atomic E-state index is 0.0599. The largest absolute Gasteiger partial charge is 0.489 e. The highest BCUT2D eigenvalue weighted by Crippen LogP contribution is 2.26. The Bertz CT molecular complexity index is 1120. The van der Waals surface area contributed by atoms with Gasteiger partial charge in [-0.3, -0.25) is 15.0 Å². The monoisotopic (exact) mass is 418 g/mol. The van der Waals surface area contributed by atoms with E-state index in [0.717, 1.165) is 16.7 Å². The summed E-state index contributed by atoms with van der Waals surface area (Å²) in [5.41, 5.74) is 5.85. The van der Waals surface area contributed by atoms with E-state index in [-0.39, 0.29) is 5.57 Å². The van der Waals surface area contributed by atoms with E-state index in [9.17, 15) is 9.59 Å². The summed E-state index contributed by atoms with van der Waals surface area (Å²) in [5.74, 6) is -0.176. The standard InChI is InChI=1S/C24H19ClN2O3/c1-16-7-10-19(14-22(16)25)27-24(29)21(23(28)26-27)13-17-8-11-20(12-9-17)30-15-18-5-3-2-4-6-18/h2-14H,15H2,1H3,(H,26,28)/b21-13-. The highest BCUT2D eigenvalue weighted by atomic mass is 35.5. The van der Waals surface area contributed by atoms with Crippen LogP contribution < -0.4 is 15.2 Å². The first-order chi connectivity index (χ1) is 14.5. The first kappa shape index (κ1) is 19.7. The molecule has 1 aliphatic heterocycles. The second kappa shape index (κ2) is 8.43. The predicted octanol–water partition coefficient (Wildman–Crippen LogP) is 4.69. The minimum atomic E-state index is -0.457. The maximum atomic E-state index is 12.7. The first-order valence-corrected chi connectivity index (χ1v) is 9.79. The molecule has 0 unspecified atom stereocenters. The zero-order valence-electron chi connectivity index (χ0n) is 16.3. The van der Waals surface area contributed by atoms with Crippen LogP contribution in [0.15, 0.2) is 78.4 Å². The van der Waals surface area contributed by atoms with Crippen molar-refractivity contribution in [2.45, 2.75) is 13.5 Å². The fourth-order valence-electron chi connectivity index (χ4n) is 3.03. The lowest BCUT2D eigenvalue weighted by Gasteiger charge is -2.15. The number of nitrogens with one attached hydrogen (secondary N) is 1. The molecule has 1 N–H and O–H groups in total. The molecule has 1 fully saturated rings. The van der Waals surface area contributed by atoms with E-state index in [4.69, 9.17) is 16.3 Å². The lowest BCUT2D eigenvalue weighted by molar-refractivity contribution is -0.117. The Morgan fingerprint density at radius 1 is 1.00 bits per heavy atom. The molecule has 0 atom stereocenters. The molecule has 2 amide bonds. The summed E-state index contributed by atoms with van der Waals surface area (Å²) in [5, 5.41) is 1.73. The van der Waals surface area contributed by atoms with Crippen molar-refractivity contribution in [3.8, 4) is 5.75 Å². The van der Waals surface area contributed by atoms with Gasteiger partial charge < -0.3 is 4.74 Å². The molecule has 30 heavy (non-hydrogen) atoms. The van der Waals surface area contributed by atoms with E-state index in [2.05, 4.69) is 5.43 Å². The number of carbonyl (C=O) groups excluding carboxylic acids is 2.